The molecule has 0 aliphatic carbocycles. The smallest absolute Gasteiger partial charge is 0.0314 e. The van der Waals surface area contributed by atoms with Gasteiger partial charge >= 0.3 is 0 Å². The Kier molecular flexibility index (Phi) is 19.6. The minimum Gasteiger partial charge on any atom is -0.399 e. The standard InChI is InChI=1S/C50H72N2/c1-3-5-7-17-23-47-39-43(37-41-27-33-49(51)34-28-41)25-31-45(47)21-19-15-13-11-9-10-12-14-16-20-22-46-32-26-44(38-42-29-35-50(52)36-30-42)40-48(46)24-18-8-6-4-2/h25-36,39-40H,3-24,37-38,51-52H2,1-2H3. The molecule has 282 valence electrons. The number of rotatable bonds is 27. The molecule has 0 spiro atoms. The molecule has 0 atom stereocenters. The molecule has 0 aliphatic rings. The van der Waals surface area contributed by atoms with Crippen molar-refractivity contribution in [3.8, 4) is 0 Å². The van der Waals surface area contributed by atoms with E-state index in [1.165, 1.54) is 164 Å². The number of hydrogen-bond acceptors (Lipinski definition) is 2. The molecule has 0 fully saturated rings. The highest BCUT2D eigenvalue weighted by atomic mass is 14.5. The summed E-state index contributed by atoms with van der Waals surface area (Å²) in [7, 11) is 0. The van der Waals surface area contributed by atoms with Gasteiger partial charge in [-0.1, -0.05) is 164 Å². The molecule has 0 heterocycles. The zero-order valence-corrected chi connectivity index (χ0v) is 33.2. The molecule has 0 saturated carbocycles. The molecule has 0 saturated heterocycles. The van der Waals surface area contributed by atoms with Crippen LogP contribution >= 0.6 is 0 Å². The van der Waals surface area contributed by atoms with E-state index < -0.39 is 0 Å². The quantitative estimate of drug-likeness (QED) is 0.0480. The SMILES string of the molecule is CCCCCCc1cc(Cc2ccc(N)cc2)ccc1CCCCCCCCCCCCc1ccc(Cc2ccc(N)cc2)cc1CCCCCC. The van der Waals surface area contributed by atoms with Crippen molar-refractivity contribution in [1.29, 1.82) is 0 Å². The van der Waals surface area contributed by atoms with Gasteiger partial charge in [-0.05, 0) is 133 Å². The summed E-state index contributed by atoms with van der Waals surface area (Å²) in [6.07, 6.45) is 31.2. The lowest BCUT2D eigenvalue weighted by atomic mass is 9.92. The number of anilines is 2. The van der Waals surface area contributed by atoms with E-state index in [1.807, 2.05) is 24.3 Å². The highest BCUT2D eigenvalue weighted by molar-refractivity contribution is 5.43. The third-order valence-corrected chi connectivity index (χ3v) is 11.1. The molecule has 0 aromatic heterocycles. The Morgan fingerprint density at radius 1 is 0.308 bits per heavy atom. The molecule has 4 rings (SSSR count). The minimum absolute atomic E-state index is 0.841. The molecule has 0 bridgehead atoms. The zero-order valence-electron chi connectivity index (χ0n) is 33.2. The Balaban J connectivity index is 1.11. The number of aryl methyl sites for hydroxylation is 4. The van der Waals surface area contributed by atoms with Gasteiger partial charge in [0.1, 0.15) is 0 Å². The van der Waals surface area contributed by atoms with E-state index in [4.69, 9.17) is 11.5 Å². The van der Waals surface area contributed by atoms with Crippen LogP contribution in [0.5, 0.6) is 0 Å². The summed E-state index contributed by atoms with van der Waals surface area (Å²) in [5.74, 6) is 0. The number of nitrogen functional groups attached to an aromatic ring is 2. The molecule has 0 radical (unpaired) electrons. The van der Waals surface area contributed by atoms with E-state index in [0.29, 0.717) is 0 Å². The molecule has 4 aromatic rings. The van der Waals surface area contributed by atoms with Crippen molar-refractivity contribution in [2.24, 2.45) is 0 Å². The fraction of sp³-hybridized carbons (Fsp3) is 0.520. The van der Waals surface area contributed by atoms with Crippen molar-refractivity contribution in [3.63, 3.8) is 0 Å². The number of benzene rings is 4. The molecule has 0 unspecified atom stereocenters. The topological polar surface area (TPSA) is 52.0 Å². The molecule has 0 amide bonds. The molecule has 0 aliphatic heterocycles. The van der Waals surface area contributed by atoms with Crippen LogP contribution in [0.2, 0.25) is 0 Å². The maximum absolute atomic E-state index is 5.91. The Morgan fingerprint density at radius 3 is 0.942 bits per heavy atom. The number of nitrogens with two attached hydrogens (primary N) is 2. The zero-order chi connectivity index (χ0) is 36.6. The normalized spacial score (nSPS) is 11.3. The van der Waals surface area contributed by atoms with Gasteiger partial charge in [-0.2, -0.15) is 0 Å². The van der Waals surface area contributed by atoms with Gasteiger partial charge in [0, 0.05) is 11.4 Å². The molecular weight excluding hydrogens is 629 g/mol. The average molecular weight is 701 g/mol. The fourth-order valence-electron chi connectivity index (χ4n) is 7.80. The predicted molar refractivity (Wildman–Crippen MR) is 229 cm³/mol. The van der Waals surface area contributed by atoms with Crippen molar-refractivity contribution in [3.05, 3.63) is 129 Å². The molecule has 52 heavy (non-hydrogen) atoms. The number of hydrogen-bond donors (Lipinski definition) is 2. The van der Waals surface area contributed by atoms with Crippen molar-refractivity contribution in [1.82, 2.24) is 0 Å². The van der Waals surface area contributed by atoms with Crippen molar-refractivity contribution < 1.29 is 0 Å². The second kappa shape index (κ2) is 24.7. The van der Waals surface area contributed by atoms with Crippen molar-refractivity contribution in [2.75, 3.05) is 11.5 Å². The van der Waals surface area contributed by atoms with Gasteiger partial charge in [0.2, 0.25) is 0 Å². The monoisotopic (exact) mass is 701 g/mol. The van der Waals surface area contributed by atoms with E-state index in [-0.39, 0.29) is 0 Å². The van der Waals surface area contributed by atoms with Gasteiger partial charge in [0.15, 0.2) is 0 Å². The van der Waals surface area contributed by atoms with E-state index in [2.05, 4.69) is 74.5 Å². The summed E-state index contributed by atoms with van der Waals surface area (Å²) in [5, 5.41) is 0. The summed E-state index contributed by atoms with van der Waals surface area (Å²) in [4.78, 5) is 0. The summed E-state index contributed by atoms with van der Waals surface area (Å²) < 4.78 is 0. The van der Waals surface area contributed by atoms with Gasteiger partial charge in [-0.3, -0.25) is 0 Å². The van der Waals surface area contributed by atoms with Crippen LogP contribution in [-0.4, -0.2) is 0 Å². The minimum atomic E-state index is 0.841. The van der Waals surface area contributed by atoms with Crippen LogP contribution in [0.25, 0.3) is 0 Å². The van der Waals surface area contributed by atoms with Crippen LogP contribution < -0.4 is 11.5 Å². The van der Waals surface area contributed by atoms with E-state index in [9.17, 15) is 0 Å². The molecule has 4 aromatic carbocycles. The Bertz CT molecular complexity index is 1400. The van der Waals surface area contributed by atoms with Crippen molar-refractivity contribution in [2.45, 2.75) is 168 Å². The van der Waals surface area contributed by atoms with Crippen LogP contribution in [-0.2, 0) is 38.5 Å². The summed E-state index contributed by atoms with van der Waals surface area (Å²) in [5.41, 5.74) is 25.4. The average Bonchev–Trinajstić information content (AvgIpc) is 3.15. The molecular formula is C50H72N2. The molecule has 2 heteroatoms. The Hall–Kier alpha value is -3.52. The van der Waals surface area contributed by atoms with Crippen LogP contribution in [0.15, 0.2) is 84.9 Å². The molecule has 4 N–H and O–H groups in total. The number of unbranched alkanes of at least 4 members (excludes halogenated alkanes) is 15. The first-order valence-corrected chi connectivity index (χ1v) is 21.4. The summed E-state index contributed by atoms with van der Waals surface area (Å²) >= 11 is 0. The second-order valence-electron chi connectivity index (χ2n) is 15.7. The Labute approximate surface area is 319 Å². The third kappa shape index (κ3) is 16.0. The summed E-state index contributed by atoms with van der Waals surface area (Å²) in [6, 6.07) is 31.4. The van der Waals surface area contributed by atoms with Gasteiger partial charge in [0.25, 0.3) is 0 Å². The van der Waals surface area contributed by atoms with Gasteiger partial charge in [-0.15, -0.1) is 0 Å². The highest BCUT2D eigenvalue weighted by Crippen LogP contribution is 2.23. The fourth-order valence-corrected chi connectivity index (χ4v) is 7.80. The lowest BCUT2D eigenvalue weighted by molar-refractivity contribution is 0.550. The maximum Gasteiger partial charge on any atom is 0.0314 e. The van der Waals surface area contributed by atoms with E-state index >= 15 is 0 Å². The van der Waals surface area contributed by atoms with Gasteiger partial charge in [0.05, 0.1) is 0 Å². The lowest BCUT2D eigenvalue weighted by Gasteiger charge is -2.13. The maximum atomic E-state index is 5.91. The second-order valence-corrected chi connectivity index (χ2v) is 15.7. The first kappa shape index (κ1) is 41.2. The van der Waals surface area contributed by atoms with Crippen LogP contribution in [0, 0.1) is 0 Å². The van der Waals surface area contributed by atoms with Crippen LogP contribution in [0.3, 0.4) is 0 Å². The molecule has 2 nitrogen and oxygen atoms in total. The van der Waals surface area contributed by atoms with Crippen LogP contribution in [0.1, 0.15) is 174 Å². The first-order valence-electron chi connectivity index (χ1n) is 21.4. The van der Waals surface area contributed by atoms with Gasteiger partial charge in [-0.25, -0.2) is 0 Å². The van der Waals surface area contributed by atoms with Crippen molar-refractivity contribution >= 4 is 11.4 Å². The summed E-state index contributed by atoms with van der Waals surface area (Å²) in [6.45, 7) is 4.60. The largest absolute Gasteiger partial charge is 0.399 e. The van der Waals surface area contributed by atoms with E-state index in [0.717, 1.165) is 24.2 Å². The Morgan fingerprint density at radius 2 is 0.596 bits per heavy atom. The first-order chi connectivity index (χ1) is 25.5. The lowest BCUT2D eigenvalue weighted by Crippen LogP contribution is -1.99. The predicted octanol–water partition coefficient (Wildman–Crippen LogP) is 14.0. The van der Waals surface area contributed by atoms with Crippen LogP contribution in [0.4, 0.5) is 11.4 Å². The third-order valence-electron chi connectivity index (χ3n) is 11.1. The van der Waals surface area contributed by atoms with E-state index in [1.54, 1.807) is 22.3 Å². The van der Waals surface area contributed by atoms with Gasteiger partial charge < -0.3 is 11.5 Å². The highest BCUT2D eigenvalue weighted by Gasteiger charge is 2.08.